The standard InChI is InChI=1S/C22H27N3O3S/c1-22(2)14-27-20(28-15-22)8-5-11-26-17-9-10-23-16(12-17)13-29-21-24-18-6-3-4-7-19(18)25-21/h3-4,6-7,9-10,12,20H,5,8,11,13-15H2,1-2H3,(H,24,25). The SMILES string of the molecule is CC1(C)COC(CCCOc2ccnc(CSc3nc4ccccc4[nH]3)c2)OC1. The van der Waals surface area contributed by atoms with Crippen molar-refractivity contribution in [2.24, 2.45) is 5.41 Å². The van der Waals surface area contributed by atoms with Crippen molar-refractivity contribution < 1.29 is 14.2 Å². The zero-order valence-corrected chi connectivity index (χ0v) is 17.7. The lowest BCUT2D eigenvalue weighted by Gasteiger charge is -2.34. The van der Waals surface area contributed by atoms with Crippen LogP contribution in [-0.4, -0.2) is 41.1 Å². The number of hydrogen-bond donors (Lipinski definition) is 1. The van der Waals surface area contributed by atoms with E-state index in [0.717, 1.165) is 59.4 Å². The van der Waals surface area contributed by atoms with Gasteiger partial charge < -0.3 is 19.2 Å². The summed E-state index contributed by atoms with van der Waals surface area (Å²) >= 11 is 1.64. The van der Waals surface area contributed by atoms with Gasteiger partial charge in [0.2, 0.25) is 0 Å². The van der Waals surface area contributed by atoms with Gasteiger partial charge in [-0.05, 0) is 24.6 Å². The lowest BCUT2D eigenvalue weighted by Crippen LogP contribution is -2.37. The fourth-order valence-corrected chi connectivity index (χ4v) is 3.89. The Morgan fingerprint density at radius 3 is 2.86 bits per heavy atom. The first-order valence-corrected chi connectivity index (χ1v) is 10.9. The molecule has 1 fully saturated rings. The Balaban J connectivity index is 1.21. The van der Waals surface area contributed by atoms with Crippen molar-refractivity contribution in [3.05, 3.63) is 48.3 Å². The number of aromatic nitrogens is 3. The number of nitrogens with zero attached hydrogens (tertiary/aromatic N) is 2. The third-order valence-electron chi connectivity index (χ3n) is 4.69. The van der Waals surface area contributed by atoms with E-state index in [4.69, 9.17) is 14.2 Å². The van der Waals surface area contributed by atoms with Crippen LogP contribution in [0.3, 0.4) is 0 Å². The van der Waals surface area contributed by atoms with Crippen LogP contribution < -0.4 is 4.74 Å². The Kier molecular flexibility index (Phi) is 6.37. The molecule has 0 saturated carbocycles. The highest BCUT2D eigenvalue weighted by Gasteiger charge is 2.27. The van der Waals surface area contributed by atoms with Crippen LogP contribution in [0.1, 0.15) is 32.4 Å². The maximum atomic E-state index is 5.89. The van der Waals surface area contributed by atoms with Gasteiger partial charge in [-0.2, -0.15) is 0 Å². The number of para-hydroxylation sites is 2. The molecule has 0 unspecified atom stereocenters. The van der Waals surface area contributed by atoms with Gasteiger partial charge in [-0.1, -0.05) is 37.7 Å². The smallest absolute Gasteiger partial charge is 0.166 e. The van der Waals surface area contributed by atoms with E-state index < -0.39 is 0 Å². The number of aromatic amines is 1. The molecule has 29 heavy (non-hydrogen) atoms. The van der Waals surface area contributed by atoms with Crippen LogP contribution in [0.4, 0.5) is 0 Å². The van der Waals surface area contributed by atoms with E-state index in [1.54, 1.807) is 18.0 Å². The van der Waals surface area contributed by atoms with Gasteiger partial charge >= 0.3 is 0 Å². The lowest BCUT2D eigenvalue weighted by molar-refractivity contribution is -0.224. The normalized spacial score (nSPS) is 16.9. The van der Waals surface area contributed by atoms with Crippen LogP contribution in [0.2, 0.25) is 0 Å². The summed E-state index contributed by atoms with van der Waals surface area (Å²) in [5.74, 6) is 1.57. The summed E-state index contributed by atoms with van der Waals surface area (Å²) in [5, 5.41) is 0.898. The van der Waals surface area contributed by atoms with Gasteiger partial charge in [0, 0.05) is 29.9 Å². The second-order valence-electron chi connectivity index (χ2n) is 8.04. The number of imidazole rings is 1. The summed E-state index contributed by atoms with van der Waals surface area (Å²) < 4.78 is 17.4. The molecule has 0 amide bonds. The number of fused-ring (bicyclic) bond motifs is 1. The fourth-order valence-electron chi connectivity index (χ4n) is 3.10. The Hall–Kier alpha value is -2.09. The Morgan fingerprint density at radius 2 is 2.03 bits per heavy atom. The average Bonchev–Trinajstić information content (AvgIpc) is 3.14. The van der Waals surface area contributed by atoms with E-state index in [-0.39, 0.29) is 11.7 Å². The van der Waals surface area contributed by atoms with E-state index >= 15 is 0 Å². The molecule has 0 atom stereocenters. The maximum Gasteiger partial charge on any atom is 0.166 e. The van der Waals surface area contributed by atoms with Crippen molar-refractivity contribution in [3.63, 3.8) is 0 Å². The van der Waals surface area contributed by atoms with E-state index in [9.17, 15) is 0 Å². The number of H-pyrrole nitrogens is 1. The second-order valence-corrected chi connectivity index (χ2v) is 9.00. The summed E-state index contributed by atoms with van der Waals surface area (Å²) in [6, 6.07) is 11.9. The maximum absolute atomic E-state index is 5.89. The van der Waals surface area contributed by atoms with Crippen LogP contribution in [0.5, 0.6) is 5.75 Å². The van der Waals surface area contributed by atoms with Gasteiger partial charge in [0.05, 0.1) is 36.5 Å². The predicted molar refractivity (Wildman–Crippen MR) is 114 cm³/mol. The molecule has 1 N–H and O–H groups in total. The largest absolute Gasteiger partial charge is 0.493 e. The minimum Gasteiger partial charge on any atom is -0.493 e. The first kappa shape index (κ1) is 20.2. The van der Waals surface area contributed by atoms with Crippen LogP contribution in [0.25, 0.3) is 11.0 Å². The molecular weight excluding hydrogens is 386 g/mol. The highest BCUT2D eigenvalue weighted by Crippen LogP contribution is 2.25. The monoisotopic (exact) mass is 413 g/mol. The summed E-state index contributed by atoms with van der Waals surface area (Å²) in [5.41, 5.74) is 3.11. The molecule has 1 aromatic carbocycles. The van der Waals surface area contributed by atoms with Crippen LogP contribution >= 0.6 is 11.8 Å². The molecule has 6 nitrogen and oxygen atoms in total. The predicted octanol–water partition coefficient (Wildman–Crippen LogP) is 4.81. The van der Waals surface area contributed by atoms with Crippen LogP contribution in [0, 0.1) is 5.41 Å². The molecule has 0 bridgehead atoms. The zero-order valence-electron chi connectivity index (χ0n) is 16.9. The van der Waals surface area contributed by atoms with Gasteiger partial charge in [0.25, 0.3) is 0 Å². The number of nitrogens with one attached hydrogen (secondary N) is 1. The van der Waals surface area contributed by atoms with Crippen molar-refractivity contribution >= 4 is 22.8 Å². The topological polar surface area (TPSA) is 69.3 Å². The van der Waals surface area contributed by atoms with Gasteiger partial charge in [-0.25, -0.2) is 4.98 Å². The van der Waals surface area contributed by atoms with E-state index in [1.165, 1.54) is 0 Å². The molecule has 1 saturated heterocycles. The van der Waals surface area contributed by atoms with Gasteiger partial charge in [-0.15, -0.1) is 0 Å². The molecule has 4 rings (SSSR count). The highest BCUT2D eigenvalue weighted by atomic mass is 32.2. The average molecular weight is 414 g/mol. The van der Waals surface area contributed by atoms with Crippen molar-refractivity contribution in [2.45, 2.75) is 43.9 Å². The molecular formula is C22H27N3O3S. The number of hydrogen-bond acceptors (Lipinski definition) is 6. The Morgan fingerprint density at radius 1 is 1.21 bits per heavy atom. The van der Waals surface area contributed by atoms with Gasteiger partial charge in [-0.3, -0.25) is 4.98 Å². The molecule has 0 radical (unpaired) electrons. The van der Waals surface area contributed by atoms with E-state index in [2.05, 4.69) is 28.8 Å². The number of pyridine rings is 1. The number of ether oxygens (including phenoxy) is 3. The van der Waals surface area contributed by atoms with Crippen molar-refractivity contribution in [3.8, 4) is 5.75 Å². The highest BCUT2D eigenvalue weighted by molar-refractivity contribution is 7.98. The molecule has 1 aliphatic heterocycles. The van der Waals surface area contributed by atoms with Crippen LogP contribution in [-0.2, 0) is 15.2 Å². The van der Waals surface area contributed by atoms with Crippen molar-refractivity contribution in [2.75, 3.05) is 19.8 Å². The summed E-state index contributed by atoms with van der Waals surface area (Å²) in [4.78, 5) is 12.4. The molecule has 0 spiro atoms. The number of benzene rings is 1. The molecule has 154 valence electrons. The third kappa shape index (κ3) is 5.72. The molecule has 3 aromatic rings. The first-order valence-electron chi connectivity index (χ1n) is 9.96. The second kappa shape index (κ2) is 9.15. The van der Waals surface area contributed by atoms with Gasteiger partial charge in [0.15, 0.2) is 11.4 Å². The number of rotatable bonds is 8. The number of thioether (sulfide) groups is 1. The lowest BCUT2D eigenvalue weighted by atomic mass is 9.95. The molecule has 0 aliphatic carbocycles. The minimum absolute atomic E-state index is 0.111. The quantitative estimate of drug-likeness (QED) is 0.422. The van der Waals surface area contributed by atoms with Crippen molar-refractivity contribution in [1.82, 2.24) is 15.0 Å². The molecule has 1 aliphatic rings. The van der Waals surface area contributed by atoms with Gasteiger partial charge in [0.1, 0.15) is 5.75 Å². The summed E-state index contributed by atoms with van der Waals surface area (Å²) in [6.07, 6.45) is 3.41. The van der Waals surface area contributed by atoms with E-state index in [1.807, 2.05) is 36.4 Å². The van der Waals surface area contributed by atoms with Crippen LogP contribution in [0.15, 0.2) is 47.8 Å². The first-order chi connectivity index (χ1) is 14.1. The van der Waals surface area contributed by atoms with E-state index in [0.29, 0.717) is 6.61 Å². The molecule has 3 heterocycles. The third-order valence-corrected chi connectivity index (χ3v) is 5.59. The zero-order chi connectivity index (χ0) is 20.1. The molecule has 2 aromatic heterocycles. The Labute approximate surface area is 175 Å². The van der Waals surface area contributed by atoms with Crippen molar-refractivity contribution in [1.29, 1.82) is 0 Å². The fraction of sp³-hybridized carbons (Fsp3) is 0.455. The minimum atomic E-state index is -0.111. The summed E-state index contributed by atoms with van der Waals surface area (Å²) in [6.45, 7) is 6.43. The summed E-state index contributed by atoms with van der Waals surface area (Å²) in [7, 11) is 0. The Bertz CT molecular complexity index is 901. The molecule has 7 heteroatoms.